The van der Waals surface area contributed by atoms with E-state index in [1.165, 1.54) is 0 Å². The maximum atomic E-state index is 11.9. The van der Waals surface area contributed by atoms with Gasteiger partial charge in [-0.15, -0.1) is 0 Å². The standard InChI is InChI=1S/C13H14ClNO3/c1-15(7-8-3-2-4-9(14)5-8)12(16)10-6-11(10)13(17)18/h2-5,10-11H,6-7H2,1H3,(H,17,18)/t10-,11+/m0/s1. The van der Waals surface area contributed by atoms with Crippen molar-refractivity contribution in [2.45, 2.75) is 13.0 Å². The molecule has 1 aliphatic rings. The highest BCUT2D eigenvalue weighted by Gasteiger charge is 2.49. The first kappa shape index (κ1) is 12.9. The molecule has 0 spiro atoms. The molecule has 5 heteroatoms. The summed E-state index contributed by atoms with van der Waals surface area (Å²) in [5.41, 5.74) is 0.936. The molecular weight excluding hydrogens is 254 g/mol. The topological polar surface area (TPSA) is 57.6 Å². The lowest BCUT2D eigenvalue weighted by molar-refractivity contribution is -0.141. The van der Waals surface area contributed by atoms with E-state index in [1.54, 1.807) is 24.1 Å². The number of carboxylic acid groups (broad SMARTS) is 1. The molecule has 1 aromatic rings. The van der Waals surface area contributed by atoms with Gasteiger partial charge in [0.15, 0.2) is 0 Å². The van der Waals surface area contributed by atoms with E-state index < -0.39 is 11.9 Å². The van der Waals surface area contributed by atoms with E-state index in [2.05, 4.69) is 0 Å². The quantitative estimate of drug-likeness (QED) is 0.908. The summed E-state index contributed by atoms with van der Waals surface area (Å²) < 4.78 is 0. The summed E-state index contributed by atoms with van der Waals surface area (Å²) in [6.45, 7) is 0.447. The molecule has 1 N–H and O–H groups in total. The summed E-state index contributed by atoms with van der Waals surface area (Å²) >= 11 is 5.87. The number of hydrogen-bond acceptors (Lipinski definition) is 2. The van der Waals surface area contributed by atoms with Gasteiger partial charge in [-0.1, -0.05) is 23.7 Å². The van der Waals surface area contributed by atoms with Gasteiger partial charge in [-0.2, -0.15) is 0 Å². The van der Waals surface area contributed by atoms with Crippen molar-refractivity contribution >= 4 is 23.5 Å². The average molecular weight is 268 g/mol. The minimum atomic E-state index is -0.885. The SMILES string of the molecule is CN(Cc1cccc(Cl)c1)C(=O)[C@H]1C[C@H]1C(=O)O. The number of amides is 1. The Balaban J connectivity index is 1.94. The van der Waals surface area contributed by atoms with Gasteiger partial charge in [0.1, 0.15) is 0 Å². The fourth-order valence-corrected chi connectivity index (χ4v) is 2.22. The summed E-state index contributed by atoms with van der Waals surface area (Å²) in [5.74, 6) is -1.85. The van der Waals surface area contributed by atoms with Crippen molar-refractivity contribution in [2.24, 2.45) is 11.8 Å². The summed E-state index contributed by atoms with van der Waals surface area (Å²) in [6, 6.07) is 7.28. The monoisotopic (exact) mass is 267 g/mol. The van der Waals surface area contributed by atoms with E-state index >= 15 is 0 Å². The Bertz CT molecular complexity index is 489. The first-order chi connectivity index (χ1) is 8.49. The van der Waals surface area contributed by atoms with Crippen molar-refractivity contribution in [2.75, 3.05) is 7.05 Å². The third kappa shape index (κ3) is 2.82. The molecule has 18 heavy (non-hydrogen) atoms. The third-order valence-corrected chi connectivity index (χ3v) is 3.34. The molecule has 0 bridgehead atoms. The Labute approximate surface area is 110 Å². The second-order valence-electron chi connectivity index (χ2n) is 4.61. The number of carbonyl (C=O) groups is 2. The first-order valence-corrected chi connectivity index (χ1v) is 6.09. The number of carboxylic acids is 1. The van der Waals surface area contributed by atoms with Crippen LogP contribution < -0.4 is 0 Å². The van der Waals surface area contributed by atoms with Crippen molar-refractivity contribution in [3.05, 3.63) is 34.9 Å². The van der Waals surface area contributed by atoms with Gasteiger partial charge in [-0.3, -0.25) is 9.59 Å². The number of aliphatic carboxylic acids is 1. The van der Waals surface area contributed by atoms with E-state index in [-0.39, 0.29) is 11.8 Å². The number of hydrogen-bond donors (Lipinski definition) is 1. The number of halogens is 1. The Kier molecular flexibility index (Phi) is 3.57. The molecule has 2 rings (SSSR count). The van der Waals surface area contributed by atoms with Gasteiger partial charge >= 0.3 is 5.97 Å². The molecule has 1 saturated carbocycles. The van der Waals surface area contributed by atoms with Crippen LogP contribution in [-0.2, 0) is 16.1 Å². The maximum Gasteiger partial charge on any atom is 0.307 e. The molecule has 1 amide bonds. The van der Waals surface area contributed by atoms with E-state index in [9.17, 15) is 9.59 Å². The normalized spacial score (nSPS) is 21.4. The molecule has 0 unspecified atom stereocenters. The summed E-state index contributed by atoms with van der Waals surface area (Å²) in [6.07, 6.45) is 0.452. The molecular formula is C13H14ClNO3. The molecule has 1 fully saturated rings. The van der Waals surface area contributed by atoms with Gasteiger partial charge in [0.25, 0.3) is 0 Å². The lowest BCUT2D eigenvalue weighted by atomic mass is 10.2. The molecule has 0 aromatic heterocycles. The minimum absolute atomic E-state index is 0.109. The Morgan fingerprint density at radius 1 is 1.44 bits per heavy atom. The molecule has 2 atom stereocenters. The van der Waals surface area contributed by atoms with Gasteiger partial charge in [0, 0.05) is 18.6 Å². The molecule has 0 heterocycles. The molecule has 0 radical (unpaired) electrons. The van der Waals surface area contributed by atoms with E-state index in [0.717, 1.165) is 5.56 Å². The second-order valence-corrected chi connectivity index (χ2v) is 5.05. The average Bonchev–Trinajstić information content (AvgIpc) is 3.07. The van der Waals surface area contributed by atoms with Gasteiger partial charge in [0.05, 0.1) is 11.8 Å². The maximum absolute atomic E-state index is 11.9. The van der Waals surface area contributed by atoms with Crippen LogP contribution in [0.4, 0.5) is 0 Å². The van der Waals surface area contributed by atoms with Gasteiger partial charge in [-0.25, -0.2) is 0 Å². The fraction of sp³-hybridized carbons (Fsp3) is 0.385. The zero-order chi connectivity index (χ0) is 13.3. The van der Waals surface area contributed by atoms with Gasteiger partial charge in [0.2, 0.25) is 5.91 Å². The number of nitrogens with zero attached hydrogens (tertiary/aromatic N) is 1. The Morgan fingerprint density at radius 3 is 2.72 bits per heavy atom. The number of rotatable bonds is 4. The zero-order valence-corrected chi connectivity index (χ0v) is 10.7. The van der Waals surface area contributed by atoms with Crippen LogP contribution in [0.15, 0.2) is 24.3 Å². The molecule has 0 aliphatic heterocycles. The fourth-order valence-electron chi connectivity index (χ4n) is 2.01. The van der Waals surface area contributed by atoms with Crippen molar-refractivity contribution in [3.8, 4) is 0 Å². The van der Waals surface area contributed by atoms with Crippen molar-refractivity contribution in [1.82, 2.24) is 4.90 Å². The largest absolute Gasteiger partial charge is 0.481 e. The Hall–Kier alpha value is -1.55. The predicted molar refractivity (Wildman–Crippen MR) is 67.2 cm³/mol. The zero-order valence-electron chi connectivity index (χ0n) is 9.97. The van der Waals surface area contributed by atoms with Gasteiger partial charge in [-0.05, 0) is 24.1 Å². The number of carbonyl (C=O) groups excluding carboxylic acids is 1. The molecule has 1 aromatic carbocycles. The molecule has 0 saturated heterocycles. The van der Waals surface area contributed by atoms with Crippen LogP contribution in [0, 0.1) is 11.8 Å². The summed E-state index contributed by atoms with van der Waals surface area (Å²) in [5, 5.41) is 9.42. The van der Waals surface area contributed by atoms with Crippen LogP contribution in [0.3, 0.4) is 0 Å². The van der Waals surface area contributed by atoms with E-state index in [4.69, 9.17) is 16.7 Å². The molecule has 4 nitrogen and oxygen atoms in total. The highest BCUT2D eigenvalue weighted by atomic mass is 35.5. The minimum Gasteiger partial charge on any atom is -0.481 e. The Morgan fingerprint density at radius 2 is 2.17 bits per heavy atom. The van der Waals surface area contributed by atoms with Gasteiger partial charge < -0.3 is 10.0 Å². The lowest BCUT2D eigenvalue weighted by Gasteiger charge is -2.17. The van der Waals surface area contributed by atoms with Crippen LogP contribution >= 0.6 is 11.6 Å². The van der Waals surface area contributed by atoms with E-state index in [1.807, 2.05) is 12.1 Å². The second kappa shape index (κ2) is 4.98. The lowest BCUT2D eigenvalue weighted by Crippen LogP contribution is -2.28. The summed E-state index contributed by atoms with van der Waals surface area (Å²) in [4.78, 5) is 24.2. The van der Waals surface area contributed by atoms with E-state index in [0.29, 0.717) is 18.0 Å². The van der Waals surface area contributed by atoms with Crippen LogP contribution in [0.2, 0.25) is 5.02 Å². The van der Waals surface area contributed by atoms with Crippen molar-refractivity contribution in [3.63, 3.8) is 0 Å². The first-order valence-electron chi connectivity index (χ1n) is 5.71. The summed E-state index contributed by atoms with van der Waals surface area (Å²) in [7, 11) is 1.68. The van der Waals surface area contributed by atoms with Crippen LogP contribution in [0.5, 0.6) is 0 Å². The highest BCUT2D eigenvalue weighted by molar-refractivity contribution is 6.30. The molecule has 96 valence electrons. The van der Waals surface area contributed by atoms with Crippen LogP contribution in [-0.4, -0.2) is 28.9 Å². The smallest absolute Gasteiger partial charge is 0.307 e. The highest BCUT2D eigenvalue weighted by Crippen LogP contribution is 2.40. The van der Waals surface area contributed by atoms with Crippen molar-refractivity contribution in [1.29, 1.82) is 0 Å². The van der Waals surface area contributed by atoms with Crippen molar-refractivity contribution < 1.29 is 14.7 Å². The van der Waals surface area contributed by atoms with Crippen LogP contribution in [0.1, 0.15) is 12.0 Å². The van der Waals surface area contributed by atoms with Crippen LogP contribution in [0.25, 0.3) is 0 Å². The number of benzene rings is 1. The predicted octanol–water partition coefficient (Wildman–Crippen LogP) is 2.02. The third-order valence-electron chi connectivity index (χ3n) is 3.11. The molecule has 1 aliphatic carbocycles.